The van der Waals surface area contributed by atoms with Crippen molar-refractivity contribution in [2.24, 2.45) is 0 Å². The van der Waals surface area contributed by atoms with Gasteiger partial charge in [-0.2, -0.15) is 0 Å². The highest BCUT2D eigenvalue weighted by atomic mass is 35.5. The van der Waals surface area contributed by atoms with Crippen molar-refractivity contribution >= 4 is 23.2 Å². The van der Waals surface area contributed by atoms with Crippen molar-refractivity contribution in [3.63, 3.8) is 0 Å². The topological polar surface area (TPSA) is 29.5 Å². The van der Waals surface area contributed by atoms with E-state index in [0.29, 0.717) is 22.0 Å². The summed E-state index contributed by atoms with van der Waals surface area (Å²) in [5, 5.41) is 11.4. The van der Waals surface area contributed by atoms with E-state index in [4.69, 9.17) is 27.9 Å². The Morgan fingerprint density at radius 3 is 2.63 bits per heavy atom. The molecule has 1 unspecified atom stereocenters. The summed E-state index contributed by atoms with van der Waals surface area (Å²) < 4.78 is 5.27. The van der Waals surface area contributed by atoms with E-state index in [1.54, 1.807) is 25.3 Å². The normalized spacial score (nSPS) is 12.2. The van der Waals surface area contributed by atoms with E-state index in [9.17, 15) is 5.11 Å². The maximum absolute atomic E-state index is 10.3. The standard InChI is InChI=1S/C15H14Cl2O2/c1-19-15-5-3-2-4-10(15)8-14(18)12-9-11(16)6-7-13(12)17/h2-7,9,14,18H,8H2,1H3. The smallest absolute Gasteiger partial charge is 0.122 e. The maximum Gasteiger partial charge on any atom is 0.122 e. The van der Waals surface area contributed by atoms with Gasteiger partial charge in [-0.1, -0.05) is 41.4 Å². The molecule has 0 bridgehead atoms. The van der Waals surface area contributed by atoms with Crippen molar-refractivity contribution < 1.29 is 9.84 Å². The zero-order valence-electron chi connectivity index (χ0n) is 10.4. The van der Waals surface area contributed by atoms with Crippen LogP contribution in [-0.4, -0.2) is 12.2 Å². The number of hydrogen-bond donors (Lipinski definition) is 1. The number of rotatable bonds is 4. The summed E-state index contributed by atoms with van der Waals surface area (Å²) in [4.78, 5) is 0. The summed E-state index contributed by atoms with van der Waals surface area (Å²) in [7, 11) is 1.61. The van der Waals surface area contributed by atoms with Crippen molar-refractivity contribution in [1.82, 2.24) is 0 Å². The molecule has 0 saturated heterocycles. The number of ether oxygens (including phenoxy) is 1. The van der Waals surface area contributed by atoms with E-state index < -0.39 is 6.10 Å². The SMILES string of the molecule is COc1ccccc1CC(O)c1cc(Cl)ccc1Cl. The number of methoxy groups -OCH3 is 1. The van der Waals surface area contributed by atoms with Crippen molar-refractivity contribution in [3.05, 3.63) is 63.6 Å². The van der Waals surface area contributed by atoms with E-state index in [-0.39, 0.29) is 0 Å². The van der Waals surface area contributed by atoms with Crippen LogP contribution in [0.2, 0.25) is 10.0 Å². The molecule has 0 aliphatic carbocycles. The number of halogens is 2. The van der Waals surface area contributed by atoms with E-state index in [0.717, 1.165) is 11.3 Å². The van der Waals surface area contributed by atoms with Crippen molar-refractivity contribution in [2.45, 2.75) is 12.5 Å². The van der Waals surface area contributed by atoms with Crippen LogP contribution in [0.4, 0.5) is 0 Å². The molecule has 1 N–H and O–H groups in total. The van der Waals surface area contributed by atoms with Gasteiger partial charge in [0.2, 0.25) is 0 Å². The number of aliphatic hydroxyl groups is 1. The largest absolute Gasteiger partial charge is 0.496 e. The van der Waals surface area contributed by atoms with Crippen LogP contribution in [-0.2, 0) is 6.42 Å². The quantitative estimate of drug-likeness (QED) is 0.912. The second-order valence-corrected chi connectivity index (χ2v) is 5.04. The molecule has 100 valence electrons. The van der Waals surface area contributed by atoms with Crippen LogP contribution in [0.5, 0.6) is 5.75 Å². The molecule has 2 nitrogen and oxygen atoms in total. The number of aliphatic hydroxyl groups excluding tert-OH is 1. The number of hydrogen-bond acceptors (Lipinski definition) is 2. The molecule has 0 saturated carbocycles. The Morgan fingerprint density at radius 1 is 1.16 bits per heavy atom. The second kappa shape index (κ2) is 6.29. The van der Waals surface area contributed by atoms with Gasteiger partial charge in [-0.3, -0.25) is 0 Å². The highest BCUT2D eigenvalue weighted by Gasteiger charge is 2.15. The molecule has 0 aromatic heterocycles. The van der Waals surface area contributed by atoms with Crippen LogP contribution in [0, 0.1) is 0 Å². The molecule has 0 aliphatic rings. The van der Waals surface area contributed by atoms with Gasteiger partial charge in [0.15, 0.2) is 0 Å². The first-order valence-electron chi connectivity index (χ1n) is 5.86. The van der Waals surface area contributed by atoms with E-state index in [2.05, 4.69) is 0 Å². The molecule has 2 rings (SSSR count). The van der Waals surface area contributed by atoms with Gasteiger partial charge in [0.05, 0.1) is 13.2 Å². The zero-order chi connectivity index (χ0) is 13.8. The lowest BCUT2D eigenvalue weighted by Gasteiger charge is -2.15. The zero-order valence-corrected chi connectivity index (χ0v) is 11.9. The lowest BCUT2D eigenvalue weighted by molar-refractivity contribution is 0.177. The van der Waals surface area contributed by atoms with E-state index in [1.165, 1.54) is 0 Å². The Balaban J connectivity index is 2.25. The number of para-hydroxylation sites is 1. The first kappa shape index (κ1) is 14.2. The Labute approximate surface area is 122 Å². The fourth-order valence-corrected chi connectivity index (χ4v) is 2.38. The first-order valence-corrected chi connectivity index (χ1v) is 6.62. The Kier molecular flexibility index (Phi) is 4.70. The molecule has 2 aromatic carbocycles. The summed E-state index contributed by atoms with van der Waals surface area (Å²) >= 11 is 12.0. The fourth-order valence-electron chi connectivity index (χ4n) is 1.96. The highest BCUT2D eigenvalue weighted by Crippen LogP contribution is 2.30. The highest BCUT2D eigenvalue weighted by molar-refractivity contribution is 6.33. The minimum Gasteiger partial charge on any atom is -0.496 e. The van der Waals surface area contributed by atoms with Gasteiger partial charge in [-0.25, -0.2) is 0 Å². The van der Waals surface area contributed by atoms with Crippen LogP contribution >= 0.6 is 23.2 Å². The molecule has 0 fully saturated rings. The van der Waals surface area contributed by atoms with Gasteiger partial charge in [-0.15, -0.1) is 0 Å². The molecule has 2 aromatic rings. The maximum atomic E-state index is 10.3. The first-order chi connectivity index (χ1) is 9.11. The average Bonchev–Trinajstić information content (AvgIpc) is 2.42. The predicted molar refractivity (Wildman–Crippen MR) is 78.1 cm³/mol. The third kappa shape index (κ3) is 3.41. The molecule has 4 heteroatoms. The van der Waals surface area contributed by atoms with Crippen LogP contribution < -0.4 is 4.74 Å². The molecule has 0 heterocycles. The molecule has 0 aliphatic heterocycles. The average molecular weight is 297 g/mol. The van der Waals surface area contributed by atoms with Crippen molar-refractivity contribution in [2.75, 3.05) is 7.11 Å². The monoisotopic (exact) mass is 296 g/mol. The lowest BCUT2D eigenvalue weighted by Crippen LogP contribution is -2.04. The van der Waals surface area contributed by atoms with E-state index in [1.807, 2.05) is 24.3 Å². The minimum absolute atomic E-state index is 0.421. The van der Waals surface area contributed by atoms with Crippen molar-refractivity contribution in [1.29, 1.82) is 0 Å². The van der Waals surface area contributed by atoms with Gasteiger partial charge in [0.1, 0.15) is 5.75 Å². The Hall–Kier alpha value is -1.22. The molecular weight excluding hydrogens is 283 g/mol. The Bertz CT molecular complexity index is 570. The van der Waals surface area contributed by atoms with Gasteiger partial charge in [0.25, 0.3) is 0 Å². The van der Waals surface area contributed by atoms with Crippen LogP contribution in [0.25, 0.3) is 0 Å². The molecule has 0 radical (unpaired) electrons. The Morgan fingerprint density at radius 2 is 1.89 bits per heavy atom. The predicted octanol–water partition coefficient (Wildman–Crippen LogP) is 4.28. The van der Waals surface area contributed by atoms with Gasteiger partial charge in [0, 0.05) is 22.0 Å². The third-order valence-corrected chi connectivity index (χ3v) is 3.50. The van der Waals surface area contributed by atoms with Crippen LogP contribution in [0.15, 0.2) is 42.5 Å². The third-order valence-electron chi connectivity index (χ3n) is 2.92. The van der Waals surface area contributed by atoms with Crippen LogP contribution in [0.3, 0.4) is 0 Å². The summed E-state index contributed by atoms with van der Waals surface area (Å²) in [6.07, 6.45) is -0.299. The number of benzene rings is 2. The summed E-state index contributed by atoms with van der Waals surface area (Å²) in [5.41, 5.74) is 1.55. The molecular formula is C15H14Cl2O2. The van der Waals surface area contributed by atoms with Gasteiger partial charge < -0.3 is 9.84 Å². The van der Waals surface area contributed by atoms with Crippen molar-refractivity contribution in [3.8, 4) is 5.75 Å². The molecule has 0 spiro atoms. The van der Waals surface area contributed by atoms with Crippen LogP contribution in [0.1, 0.15) is 17.2 Å². The molecule has 1 atom stereocenters. The fraction of sp³-hybridized carbons (Fsp3) is 0.200. The summed E-state index contributed by atoms with van der Waals surface area (Å²) in [5.74, 6) is 0.750. The summed E-state index contributed by atoms with van der Waals surface area (Å²) in [6.45, 7) is 0. The molecule has 19 heavy (non-hydrogen) atoms. The lowest BCUT2D eigenvalue weighted by atomic mass is 10.0. The van der Waals surface area contributed by atoms with E-state index >= 15 is 0 Å². The second-order valence-electron chi connectivity index (χ2n) is 4.20. The summed E-state index contributed by atoms with van der Waals surface area (Å²) in [6, 6.07) is 12.6. The minimum atomic E-state index is -0.720. The van der Waals surface area contributed by atoms with Gasteiger partial charge >= 0.3 is 0 Å². The molecule has 0 amide bonds. The van der Waals surface area contributed by atoms with Gasteiger partial charge in [-0.05, 0) is 29.8 Å².